The number of fused-ring (bicyclic) bond motifs is 1. The van der Waals surface area contributed by atoms with Gasteiger partial charge in [0, 0.05) is 16.9 Å². The van der Waals surface area contributed by atoms with Crippen molar-refractivity contribution in [2.45, 2.75) is 0 Å². The van der Waals surface area contributed by atoms with E-state index >= 15 is 0 Å². The van der Waals surface area contributed by atoms with Gasteiger partial charge in [-0.2, -0.15) is 0 Å². The van der Waals surface area contributed by atoms with Crippen LogP contribution in [0, 0.1) is 0 Å². The molecular formula is C58H41N. The highest BCUT2D eigenvalue weighted by Crippen LogP contribution is 2.44. The molecule has 0 unspecified atom stereocenters. The van der Waals surface area contributed by atoms with Gasteiger partial charge in [-0.3, -0.25) is 0 Å². The number of benzene rings is 10. The Bertz CT molecular complexity index is 2930. The number of hydrogen-bond acceptors (Lipinski definition) is 1. The van der Waals surface area contributed by atoms with Crippen molar-refractivity contribution in [3.05, 3.63) is 249 Å². The first kappa shape index (κ1) is 35.7. The lowest BCUT2D eigenvalue weighted by molar-refractivity contribution is 1.28. The van der Waals surface area contributed by atoms with Crippen molar-refractivity contribution in [3.63, 3.8) is 0 Å². The lowest BCUT2D eigenvalue weighted by Gasteiger charge is -2.28. The van der Waals surface area contributed by atoms with E-state index < -0.39 is 0 Å². The zero-order chi connectivity index (χ0) is 39.4. The van der Waals surface area contributed by atoms with Gasteiger partial charge >= 0.3 is 0 Å². The van der Waals surface area contributed by atoms with Crippen LogP contribution >= 0.6 is 0 Å². The van der Waals surface area contributed by atoms with Crippen LogP contribution in [-0.2, 0) is 0 Å². The second-order valence-electron chi connectivity index (χ2n) is 14.9. The molecule has 0 atom stereocenters. The van der Waals surface area contributed by atoms with Crippen LogP contribution in [0.1, 0.15) is 0 Å². The number of nitrogens with zero attached hydrogens (tertiary/aromatic N) is 1. The van der Waals surface area contributed by atoms with E-state index in [2.05, 4.69) is 254 Å². The largest absolute Gasteiger partial charge is 0.310 e. The van der Waals surface area contributed by atoms with Gasteiger partial charge < -0.3 is 4.90 Å². The second-order valence-corrected chi connectivity index (χ2v) is 14.9. The Morgan fingerprint density at radius 3 is 1.20 bits per heavy atom. The normalized spacial score (nSPS) is 11.1. The highest BCUT2D eigenvalue weighted by Gasteiger charge is 2.19. The molecule has 278 valence electrons. The highest BCUT2D eigenvalue weighted by atomic mass is 15.1. The maximum absolute atomic E-state index is 2.39. The number of anilines is 3. The van der Waals surface area contributed by atoms with Crippen molar-refractivity contribution >= 4 is 27.8 Å². The van der Waals surface area contributed by atoms with Gasteiger partial charge in [0.2, 0.25) is 0 Å². The third-order valence-corrected chi connectivity index (χ3v) is 11.3. The van der Waals surface area contributed by atoms with Crippen LogP contribution in [-0.4, -0.2) is 0 Å². The van der Waals surface area contributed by atoms with Crippen molar-refractivity contribution < 1.29 is 0 Å². The molecule has 0 saturated heterocycles. The minimum Gasteiger partial charge on any atom is -0.310 e. The monoisotopic (exact) mass is 751 g/mol. The second kappa shape index (κ2) is 16.0. The molecule has 10 aromatic carbocycles. The van der Waals surface area contributed by atoms with E-state index in [-0.39, 0.29) is 0 Å². The molecule has 0 spiro atoms. The van der Waals surface area contributed by atoms with Crippen molar-refractivity contribution in [1.82, 2.24) is 0 Å². The standard InChI is InChI=1S/C58H41N/c1-5-17-42(18-6-1)49-39-50(43-19-7-2-8-20-43)41-51(40-49)44-29-34-52(35-30-44)59(57-28-16-15-26-54(57)45-21-9-3-10-22-45)53-36-31-47(32-37-53)56-38-33-46-23-13-14-27-55(46)58(56)48-24-11-4-12-25-48/h1-41H. The Morgan fingerprint density at radius 2 is 0.644 bits per heavy atom. The van der Waals surface area contributed by atoms with Gasteiger partial charge in [0.05, 0.1) is 5.69 Å². The average Bonchev–Trinajstić information content (AvgIpc) is 3.33. The summed E-state index contributed by atoms with van der Waals surface area (Å²) in [6, 6.07) is 89.8. The van der Waals surface area contributed by atoms with Gasteiger partial charge in [-0.15, -0.1) is 0 Å². The number of hydrogen-bond donors (Lipinski definition) is 0. The van der Waals surface area contributed by atoms with Crippen LogP contribution in [0.15, 0.2) is 249 Å². The molecule has 0 aromatic heterocycles. The molecule has 0 radical (unpaired) electrons. The van der Waals surface area contributed by atoms with Crippen LogP contribution in [0.5, 0.6) is 0 Å². The fourth-order valence-electron chi connectivity index (χ4n) is 8.37. The Balaban J connectivity index is 1.09. The van der Waals surface area contributed by atoms with Gasteiger partial charge in [0.1, 0.15) is 0 Å². The van der Waals surface area contributed by atoms with E-state index in [0.29, 0.717) is 0 Å². The van der Waals surface area contributed by atoms with Crippen LogP contribution in [0.25, 0.3) is 77.5 Å². The molecule has 0 amide bonds. The first-order chi connectivity index (χ1) is 29.3. The lowest BCUT2D eigenvalue weighted by Crippen LogP contribution is -2.11. The summed E-state index contributed by atoms with van der Waals surface area (Å²) in [7, 11) is 0. The van der Waals surface area contributed by atoms with Crippen LogP contribution in [0.2, 0.25) is 0 Å². The van der Waals surface area contributed by atoms with Crippen molar-refractivity contribution in [1.29, 1.82) is 0 Å². The van der Waals surface area contributed by atoms with Gasteiger partial charge in [-0.25, -0.2) is 0 Å². The fraction of sp³-hybridized carbons (Fsp3) is 0. The molecule has 0 aliphatic rings. The SMILES string of the molecule is c1ccc(-c2cc(-c3ccccc3)cc(-c3ccc(N(c4ccc(-c5ccc6ccccc6c5-c5ccccc5)cc4)c4ccccc4-c4ccccc4)cc3)c2)cc1. The van der Waals surface area contributed by atoms with Crippen molar-refractivity contribution in [2.24, 2.45) is 0 Å². The molecule has 0 bridgehead atoms. The maximum atomic E-state index is 2.39. The first-order valence-electron chi connectivity index (χ1n) is 20.3. The molecular weight excluding hydrogens is 711 g/mol. The summed E-state index contributed by atoms with van der Waals surface area (Å²) in [5.74, 6) is 0. The minimum absolute atomic E-state index is 1.09. The third-order valence-electron chi connectivity index (χ3n) is 11.3. The topological polar surface area (TPSA) is 3.24 Å². The zero-order valence-electron chi connectivity index (χ0n) is 32.6. The molecule has 0 saturated carbocycles. The maximum Gasteiger partial charge on any atom is 0.0540 e. The van der Waals surface area contributed by atoms with Gasteiger partial charge in [0.15, 0.2) is 0 Å². The van der Waals surface area contributed by atoms with E-state index in [4.69, 9.17) is 0 Å². The Labute approximate surface area is 346 Å². The van der Waals surface area contributed by atoms with Crippen LogP contribution in [0.4, 0.5) is 17.1 Å². The quantitative estimate of drug-likeness (QED) is 0.142. The summed E-state index contributed by atoms with van der Waals surface area (Å²) in [5, 5.41) is 2.49. The average molecular weight is 752 g/mol. The Morgan fingerprint density at radius 1 is 0.237 bits per heavy atom. The molecule has 1 heteroatoms. The number of rotatable bonds is 9. The molecule has 10 rings (SSSR count). The van der Waals surface area contributed by atoms with Crippen molar-refractivity contribution in [2.75, 3.05) is 4.90 Å². The Hall–Kier alpha value is -7.74. The molecule has 10 aromatic rings. The van der Waals surface area contributed by atoms with Crippen LogP contribution in [0.3, 0.4) is 0 Å². The zero-order valence-corrected chi connectivity index (χ0v) is 32.6. The molecule has 0 N–H and O–H groups in total. The van der Waals surface area contributed by atoms with E-state index in [1.807, 2.05) is 0 Å². The number of para-hydroxylation sites is 1. The van der Waals surface area contributed by atoms with Gasteiger partial charge in [-0.05, 0) is 121 Å². The molecule has 0 aliphatic heterocycles. The summed E-state index contributed by atoms with van der Waals surface area (Å²) in [6.07, 6.45) is 0. The van der Waals surface area contributed by atoms with E-state index in [0.717, 1.165) is 17.1 Å². The van der Waals surface area contributed by atoms with Crippen LogP contribution < -0.4 is 4.90 Å². The summed E-state index contributed by atoms with van der Waals surface area (Å²) >= 11 is 0. The molecule has 0 fully saturated rings. The molecule has 0 heterocycles. The predicted molar refractivity (Wildman–Crippen MR) is 251 cm³/mol. The molecule has 59 heavy (non-hydrogen) atoms. The highest BCUT2D eigenvalue weighted by molar-refractivity contribution is 6.04. The summed E-state index contributed by atoms with van der Waals surface area (Å²) in [5.41, 5.74) is 17.7. The third kappa shape index (κ3) is 7.23. The fourth-order valence-corrected chi connectivity index (χ4v) is 8.37. The van der Waals surface area contributed by atoms with Crippen molar-refractivity contribution in [3.8, 4) is 66.8 Å². The smallest absolute Gasteiger partial charge is 0.0540 e. The van der Waals surface area contributed by atoms with E-state index in [1.54, 1.807) is 0 Å². The minimum atomic E-state index is 1.09. The predicted octanol–water partition coefficient (Wildman–Crippen LogP) is 16.3. The van der Waals surface area contributed by atoms with Gasteiger partial charge in [0.25, 0.3) is 0 Å². The summed E-state index contributed by atoms with van der Waals surface area (Å²) in [6.45, 7) is 0. The lowest BCUT2D eigenvalue weighted by atomic mass is 9.89. The first-order valence-corrected chi connectivity index (χ1v) is 20.3. The van der Waals surface area contributed by atoms with E-state index in [9.17, 15) is 0 Å². The summed E-state index contributed by atoms with van der Waals surface area (Å²) < 4.78 is 0. The van der Waals surface area contributed by atoms with E-state index in [1.165, 1.54) is 77.5 Å². The van der Waals surface area contributed by atoms with Gasteiger partial charge in [-0.1, -0.05) is 200 Å². The molecule has 0 aliphatic carbocycles. The molecule has 1 nitrogen and oxygen atoms in total. The Kier molecular flexibility index (Phi) is 9.68. The summed E-state index contributed by atoms with van der Waals surface area (Å²) in [4.78, 5) is 2.39.